The highest BCUT2D eigenvalue weighted by atomic mass is 35.5. The van der Waals surface area contributed by atoms with E-state index in [9.17, 15) is 13.2 Å². The fourth-order valence-corrected chi connectivity index (χ4v) is 4.09. The fourth-order valence-electron chi connectivity index (χ4n) is 2.77. The lowest BCUT2D eigenvalue weighted by atomic mass is 10.1. The summed E-state index contributed by atoms with van der Waals surface area (Å²) in [6.07, 6.45) is 2.37. The molecule has 7 heteroatoms. The minimum absolute atomic E-state index is 0.0663. The summed E-state index contributed by atoms with van der Waals surface area (Å²) in [6.45, 7) is 2.47. The van der Waals surface area contributed by atoms with Gasteiger partial charge in [0.2, 0.25) is 5.91 Å². The van der Waals surface area contributed by atoms with Crippen LogP contribution in [-0.4, -0.2) is 20.9 Å². The molecule has 0 aromatic heterocycles. The van der Waals surface area contributed by atoms with Gasteiger partial charge in [0.15, 0.2) is 0 Å². The van der Waals surface area contributed by atoms with Crippen molar-refractivity contribution in [2.75, 3.05) is 16.2 Å². The zero-order valence-corrected chi connectivity index (χ0v) is 15.4. The standard InChI is InChI=1S/C18H19ClN2O3S/c1-13-8-9-16(12-17(13)19)25(23,24)20-14-5-4-6-15(11-14)21-10-3-2-7-18(21)22/h4-6,8-9,11-12,20H,2-3,7,10H2,1H3. The number of nitrogens with zero attached hydrogens (tertiary/aromatic N) is 1. The predicted octanol–water partition coefficient (Wildman–Crippen LogP) is 3.97. The second-order valence-corrected chi connectivity index (χ2v) is 8.16. The Kier molecular flexibility index (Phi) is 5.01. The van der Waals surface area contributed by atoms with Crippen molar-refractivity contribution in [3.05, 3.63) is 53.1 Å². The van der Waals surface area contributed by atoms with Gasteiger partial charge >= 0.3 is 0 Å². The number of halogens is 1. The van der Waals surface area contributed by atoms with Gasteiger partial charge in [-0.3, -0.25) is 9.52 Å². The van der Waals surface area contributed by atoms with E-state index in [-0.39, 0.29) is 10.8 Å². The SMILES string of the molecule is Cc1ccc(S(=O)(=O)Nc2cccc(N3CCCCC3=O)c2)cc1Cl. The first-order chi connectivity index (χ1) is 11.9. The van der Waals surface area contributed by atoms with Crippen LogP contribution in [0.2, 0.25) is 5.02 Å². The van der Waals surface area contributed by atoms with Crippen molar-refractivity contribution in [3.63, 3.8) is 0 Å². The second-order valence-electron chi connectivity index (χ2n) is 6.07. The topological polar surface area (TPSA) is 66.5 Å². The molecular weight excluding hydrogens is 360 g/mol. The molecule has 1 heterocycles. The maximum atomic E-state index is 12.6. The number of carbonyl (C=O) groups is 1. The molecule has 0 radical (unpaired) electrons. The molecule has 0 spiro atoms. The molecule has 1 aliphatic rings. The van der Waals surface area contributed by atoms with E-state index in [1.807, 2.05) is 13.0 Å². The van der Waals surface area contributed by atoms with Crippen LogP contribution in [0.4, 0.5) is 11.4 Å². The molecule has 132 valence electrons. The lowest BCUT2D eigenvalue weighted by molar-refractivity contribution is -0.119. The summed E-state index contributed by atoms with van der Waals surface area (Å²) >= 11 is 6.03. The summed E-state index contributed by atoms with van der Waals surface area (Å²) in [4.78, 5) is 13.9. The van der Waals surface area contributed by atoms with Gasteiger partial charge in [0.25, 0.3) is 10.0 Å². The van der Waals surface area contributed by atoms with Crippen molar-refractivity contribution >= 4 is 38.9 Å². The van der Waals surface area contributed by atoms with Crippen LogP contribution in [0.15, 0.2) is 47.4 Å². The number of rotatable bonds is 4. The van der Waals surface area contributed by atoms with Gasteiger partial charge in [-0.1, -0.05) is 23.7 Å². The summed E-state index contributed by atoms with van der Waals surface area (Å²) in [5.74, 6) is 0.0663. The van der Waals surface area contributed by atoms with Crippen molar-refractivity contribution in [1.29, 1.82) is 0 Å². The van der Waals surface area contributed by atoms with E-state index in [0.717, 1.165) is 18.4 Å². The molecule has 3 rings (SSSR count). The van der Waals surface area contributed by atoms with E-state index < -0.39 is 10.0 Å². The first-order valence-electron chi connectivity index (χ1n) is 8.06. The molecule has 1 aliphatic heterocycles. The van der Waals surface area contributed by atoms with Crippen molar-refractivity contribution in [2.45, 2.75) is 31.1 Å². The summed E-state index contributed by atoms with van der Waals surface area (Å²) in [5, 5.41) is 0.399. The van der Waals surface area contributed by atoms with Gasteiger partial charge in [0.05, 0.1) is 10.6 Å². The number of hydrogen-bond donors (Lipinski definition) is 1. The van der Waals surface area contributed by atoms with Crippen LogP contribution in [0.3, 0.4) is 0 Å². The molecule has 25 heavy (non-hydrogen) atoms. The Morgan fingerprint density at radius 2 is 1.92 bits per heavy atom. The molecule has 1 N–H and O–H groups in total. The van der Waals surface area contributed by atoms with Gasteiger partial charge in [-0.2, -0.15) is 0 Å². The first kappa shape index (κ1) is 17.8. The van der Waals surface area contributed by atoms with Gasteiger partial charge in [0, 0.05) is 23.7 Å². The summed E-state index contributed by atoms with van der Waals surface area (Å²) in [5.41, 5.74) is 1.92. The first-order valence-corrected chi connectivity index (χ1v) is 9.92. The maximum Gasteiger partial charge on any atom is 0.261 e. The zero-order valence-electron chi connectivity index (χ0n) is 13.8. The third-order valence-electron chi connectivity index (χ3n) is 4.19. The molecule has 2 aromatic rings. The third-order valence-corrected chi connectivity index (χ3v) is 5.97. The van der Waals surface area contributed by atoms with Crippen LogP contribution in [0.5, 0.6) is 0 Å². The summed E-state index contributed by atoms with van der Waals surface area (Å²) < 4.78 is 27.7. The van der Waals surface area contributed by atoms with E-state index in [0.29, 0.717) is 29.4 Å². The van der Waals surface area contributed by atoms with Crippen LogP contribution in [0.25, 0.3) is 0 Å². The van der Waals surface area contributed by atoms with Gasteiger partial charge in [-0.15, -0.1) is 0 Å². The molecular formula is C18H19ClN2O3S. The summed E-state index contributed by atoms with van der Waals surface area (Å²) in [6, 6.07) is 11.5. The molecule has 0 aliphatic carbocycles. The number of benzene rings is 2. The number of aryl methyl sites for hydroxylation is 1. The molecule has 0 saturated carbocycles. The van der Waals surface area contributed by atoms with E-state index in [2.05, 4.69) is 4.72 Å². The Labute approximate surface area is 152 Å². The van der Waals surface area contributed by atoms with Crippen LogP contribution < -0.4 is 9.62 Å². The van der Waals surface area contributed by atoms with Crippen molar-refractivity contribution in [2.24, 2.45) is 0 Å². The van der Waals surface area contributed by atoms with E-state index >= 15 is 0 Å². The second kappa shape index (κ2) is 7.06. The Balaban J connectivity index is 1.86. The average molecular weight is 379 g/mol. The highest BCUT2D eigenvalue weighted by Crippen LogP contribution is 2.26. The van der Waals surface area contributed by atoms with Crippen LogP contribution >= 0.6 is 11.6 Å². The molecule has 0 bridgehead atoms. The molecule has 1 amide bonds. The quantitative estimate of drug-likeness (QED) is 0.875. The number of piperidine rings is 1. The van der Waals surface area contributed by atoms with Crippen molar-refractivity contribution < 1.29 is 13.2 Å². The molecule has 2 aromatic carbocycles. The molecule has 0 unspecified atom stereocenters. The minimum Gasteiger partial charge on any atom is -0.312 e. The van der Waals surface area contributed by atoms with Crippen LogP contribution in [0.1, 0.15) is 24.8 Å². The molecule has 1 fully saturated rings. The predicted molar refractivity (Wildman–Crippen MR) is 99.6 cm³/mol. The van der Waals surface area contributed by atoms with Crippen molar-refractivity contribution in [1.82, 2.24) is 0 Å². The lowest BCUT2D eigenvalue weighted by Crippen LogP contribution is -2.35. The maximum absolute atomic E-state index is 12.6. The van der Waals surface area contributed by atoms with Crippen molar-refractivity contribution in [3.8, 4) is 0 Å². The Morgan fingerprint density at radius 3 is 2.64 bits per heavy atom. The van der Waals surface area contributed by atoms with Crippen LogP contribution in [0, 0.1) is 6.92 Å². The van der Waals surface area contributed by atoms with Crippen LogP contribution in [-0.2, 0) is 14.8 Å². The summed E-state index contributed by atoms with van der Waals surface area (Å²) in [7, 11) is -3.75. The number of nitrogens with one attached hydrogen (secondary N) is 1. The number of sulfonamides is 1. The number of carbonyl (C=O) groups excluding carboxylic acids is 1. The largest absolute Gasteiger partial charge is 0.312 e. The average Bonchev–Trinajstić information content (AvgIpc) is 2.57. The fraction of sp³-hybridized carbons (Fsp3) is 0.278. The molecule has 5 nitrogen and oxygen atoms in total. The number of hydrogen-bond acceptors (Lipinski definition) is 3. The Bertz CT molecular complexity index is 912. The van der Waals surface area contributed by atoms with Gasteiger partial charge < -0.3 is 4.90 Å². The number of amides is 1. The minimum atomic E-state index is -3.75. The third kappa shape index (κ3) is 3.96. The van der Waals surface area contributed by atoms with E-state index in [1.54, 1.807) is 29.2 Å². The molecule has 1 saturated heterocycles. The van der Waals surface area contributed by atoms with Gasteiger partial charge in [-0.25, -0.2) is 8.42 Å². The van der Waals surface area contributed by atoms with E-state index in [4.69, 9.17) is 11.6 Å². The molecule has 0 atom stereocenters. The monoisotopic (exact) mass is 378 g/mol. The zero-order chi connectivity index (χ0) is 18.0. The van der Waals surface area contributed by atoms with Gasteiger partial charge in [0.1, 0.15) is 0 Å². The Hall–Kier alpha value is -2.05. The highest BCUT2D eigenvalue weighted by Gasteiger charge is 2.21. The lowest BCUT2D eigenvalue weighted by Gasteiger charge is -2.27. The Morgan fingerprint density at radius 1 is 1.12 bits per heavy atom. The van der Waals surface area contributed by atoms with Gasteiger partial charge in [-0.05, 0) is 55.7 Å². The smallest absolute Gasteiger partial charge is 0.261 e. The number of anilines is 2. The normalized spacial score (nSPS) is 15.3. The highest BCUT2D eigenvalue weighted by molar-refractivity contribution is 7.92. The van der Waals surface area contributed by atoms with E-state index in [1.165, 1.54) is 12.1 Å².